The maximum absolute atomic E-state index is 12.1. The largest absolute Gasteiger partial charge is 0.322 e. The first-order valence-electron chi connectivity index (χ1n) is 7.35. The third kappa shape index (κ3) is 4.81. The maximum atomic E-state index is 12.1. The van der Waals surface area contributed by atoms with E-state index in [1.807, 2.05) is 31.2 Å². The van der Waals surface area contributed by atoms with Crippen LogP contribution in [-0.2, 0) is 11.3 Å². The van der Waals surface area contributed by atoms with Gasteiger partial charge in [0.05, 0.1) is 11.4 Å². The van der Waals surface area contributed by atoms with Crippen molar-refractivity contribution in [3.05, 3.63) is 50.3 Å². The van der Waals surface area contributed by atoms with Crippen LogP contribution in [0.4, 0.5) is 5.69 Å². The Hall–Kier alpha value is -1.34. The predicted octanol–water partition coefficient (Wildman–Crippen LogP) is 4.76. The second-order valence-electron chi connectivity index (χ2n) is 5.67. The van der Waals surface area contributed by atoms with E-state index in [1.54, 1.807) is 10.8 Å². The molecule has 0 saturated heterocycles. The second kappa shape index (κ2) is 7.97. The lowest BCUT2D eigenvalue weighted by Crippen LogP contribution is -2.08. The number of benzene rings is 1. The summed E-state index contributed by atoms with van der Waals surface area (Å²) in [6.45, 7) is 6.86. The van der Waals surface area contributed by atoms with Crippen LogP contribution in [0.5, 0.6) is 0 Å². The lowest BCUT2D eigenvalue weighted by Gasteiger charge is -2.05. The highest BCUT2D eigenvalue weighted by Gasteiger charge is 2.12. The summed E-state index contributed by atoms with van der Waals surface area (Å²) in [5.74, 6) is 0.258. The average molecular weight is 444 g/mol. The molecule has 0 unspecified atom stereocenters. The molecule has 0 atom stereocenters. The SMILES string of the molecule is Cc1nn(CC(C)C)c(Cl)c1/C=C/C(=O)Nc1ccccc1I. The van der Waals surface area contributed by atoms with Crippen LogP contribution >= 0.6 is 34.2 Å². The van der Waals surface area contributed by atoms with E-state index in [0.29, 0.717) is 11.1 Å². The Morgan fingerprint density at radius 3 is 2.78 bits per heavy atom. The van der Waals surface area contributed by atoms with Gasteiger partial charge in [-0.1, -0.05) is 37.6 Å². The number of anilines is 1. The van der Waals surface area contributed by atoms with Gasteiger partial charge in [-0.15, -0.1) is 0 Å². The molecule has 1 aromatic carbocycles. The summed E-state index contributed by atoms with van der Waals surface area (Å²) in [6, 6.07) is 7.63. The Kier molecular flexibility index (Phi) is 6.24. The standard InChI is InChI=1S/C17H19ClIN3O/c1-11(2)10-22-17(18)13(12(3)21-22)8-9-16(23)20-15-7-5-4-6-14(15)19/h4-9,11H,10H2,1-3H3,(H,20,23)/b9-8+. The Morgan fingerprint density at radius 2 is 2.13 bits per heavy atom. The number of carbonyl (C=O) groups excluding carboxylic acids is 1. The van der Waals surface area contributed by atoms with Crippen LogP contribution in [0.25, 0.3) is 6.08 Å². The van der Waals surface area contributed by atoms with Crippen molar-refractivity contribution in [2.75, 3.05) is 5.32 Å². The van der Waals surface area contributed by atoms with Crippen LogP contribution < -0.4 is 5.32 Å². The summed E-state index contributed by atoms with van der Waals surface area (Å²) in [4.78, 5) is 12.1. The number of nitrogens with one attached hydrogen (secondary N) is 1. The molecule has 0 aliphatic heterocycles. The first-order valence-corrected chi connectivity index (χ1v) is 8.80. The van der Waals surface area contributed by atoms with E-state index in [4.69, 9.17) is 11.6 Å². The lowest BCUT2D eigenvalue weighted by atomic mass is 10.2. The van der Waals surface area contributed by atoms with Gasteiger partial charge in [-0.2, -0.15) is 5.10 Å². The number of hydrogen-bond donors (Lipinski definition) is 1. The Bertz CT molecular complexity index is 737. The zero-order chi connectivity index (χ0) is 17.0. The summed E-state index contributed by atoms with van der Waals surface area (Å²) in [5, 5.41) is 7.85. The quantitative estimate of drug-likeness (QED) is 0.535. The van der Waals surface area contributed by atoms with Crippen molar-refractivity contribution < 1.29 is 4.79 Å². The van der Waals surface area contributed by atoms with Crippen molar-refractivity contribution in [3.8, 4) is 0 Å². The van der Waals surface area contributed by atoms with E-state index < -0.39 is 0 Å². The van der Waals surface area contributed by atoms with Crippen LogP contribution in [0.2, 0.25) is 5.15 Å². The number of amides is 1. The lowest BCUT2D eigenvalue weighted by molar-refractivity contribution is -0.111. The van der Waals surface area contributed by atoms with Crippen LogP contribution in [-0.4, -0.2) is 15.7 Å². The molecule has 1 aromatic heterocycles. The monoisotopic (exact) mass is 443 g/mol. The van der Waals surface area contributed by atoms with E-state index in [-0.39, 0.29) is 5.91 Å². The molecule has 2 rings (SSSR count). The van der Waals surface area contributed by atoms with E-state index in [2.05, 4.69) is 46.9 Å². The number of aryl methyl sites for hydroxylation is 1. The van der Waals surface area contributed by atoms with Gasteiger partial charge in [-0.3, -0.25) is 9.48 Å². The van der Waals surface area contributed by atoms with Crippen molar-refractivity contribution in [2.45, 2.75) is 27.3 Å². The normalized spacial score (nSPS) is 11.4. The molecule has 0 radical (unpaired) electrons. The predicted molar refractivity (Wildman–Crippen MR) is 104 cm³/mol. The minimum Gasteiger partial charge on any atom is -0.322 e. The van der Waals surface area contributed by atoms with E-state index >= 15 is 0 Å². The molecule has 1 N–H and O–H groups in total. The molecule has 0 fully saturated rings. The molecule has 0 aliphatic rings. The van der Waals surface area contributed by atoms with E-state index in [1.165, 1.54) is 6.08 Å². The molecule has 4 nitrogen and oxygen atoms in total. The van der Waals surface area contributed by atoms with Gasteiger partial charge in [0.1, 0.15) is 5.15 Å². The molecule has 2 aromatic rings. The number of aromatic nitrogens is 2. The number of nitrogens with zero attached hydrogens (tertiary/aromatic N) is 2. The van der Waals surface area contributed by atoms with Gasteiger partial charge in [-0.25, -0.2) is 0 Å². The first-order chi connectivity index (χ1) is 10.9. The van der Waals surface area contributed by atoms with Crippen molar-refractivity contribution >= 4 is 51.9 Å². The third-order valence-corrected chi connectivity index (χ3v) is 4.52. The van der Waals surface area contributed by atoms with Crippen molar-refractivity contribution in [2.24, 2.45) is 5.92 Å². The molecule has 1 amide bonds. The molecule has 0 bridgehead atoms. The summed E-state index contributed by atoms with van der Waals surface area (Å²) < 4.78 is 2.77. The Labute approximate surface area is 155 Å². The van der Waals surface area contributed by atoms with Gasteiger partial charge in [0, 0.05) is 21.8 Å². The summed E-state index contributed by atoms with van der Waals surface area (Å²) in [6.07, 6.45) is 3.20. The van der Waals surface area contributed by atoms with Crippen LogP contribution in [0.3, 0.4) is 0 Å². The molecule has 0 aliphatic carbocycles. The van der Waals surface area contributed by atoms with Crippen LogP contribution in [0.1, 0.15) is 25.1 Å². The topological polar surface area (TPSA) is 46.9 Å². The Morgan fingerprint density at radius 1 is 1.43 bits per heavy atom. The summed E-state index contributed by atoms with van der Waals surface area (Å²) in [7, 11) is 0. The number of rotatable bonds is 5. The highest BCUT2D eigenvalue weighted by Crippen LogP contribution is 2.22. The van der Waals surface area contributed by atoms with Crippen molar-refractivity contribution in [1.82, 2.24) is 9.78 Å². The molecule has 1 heterocycles. The minimum atomic E-state index is -0.193. The highest BCUT2D eigenvalue weighted by atomic mass is 127. The Balaban J connectivity index is 2.12. The van der Waals surface area contributed by atoms with Crippen molar-refractivity contribution in [1.29, 1.82) is 0 Å². The molecular weight excluding hydrogens is 425 g/mol. The highest BCUT2D eigenvalue weighted by molar-refractivity contribution is 14.1. The average Bonchev–Trinajstić information content (AvgIpc) is 2.73. The molecule has 0 saturated carbocycles. The van der Waals surface area contributed by atoms with Gasteiger partial charge in [-0.05, 0) is 53.6 Å². The minimum absolute atomic E-state index is 0.193. The number of halogens is 2. The second-order valence-corrected chi connectivity index (χ2v) is 7.19. The van der Waals surface area contributed by atoms with Gasteiger partial charge in [0.2, 0.25) is 5.91 Å². The van der Waals surface area contributed by atoms with Gasteiger partial charge >= 0.3 is 0 Å². The molecule has 23 heavy (non-hydrogen) atoms. The summed E-state index contributed by atoms with van der Waals surface area (Å²) in [5.41, 5.74) is 2.39. The number of hydrogen-bond acceptors (Lipinski definition) is 2. The van der Waals surface area contributed by atoms with E-state index in [0.717, 1.165) is 27.1 Å². The fourth-order valence-corrected chi connectivity index (χ4v) is 2.95. The molecular formula is C17H19ClIN3O. The smallest absolute Gasteiger partial charge is 0.248 e. The van der Waals surface area contributed by atoms with E-state index in [9.17, 15) is 4.79 Å². The number of para-hydroxylation sites is 1. The fourth-order valence-electron chi connectivity index (χ4n) is 2.12. The van der Waals surface area contributed by atoms with Gasteiger partial charge in [0.15, 0.2) is 0 Å². The molecule has 122 valence electrons. The van der Waals surface area contributed by atoms with Gasteiger partial charge in [0.25, 0.3) is 0 Å². The van der Waals surface area contributed by atoms with Crippen molar-refractivity contribution in [3.63, 3.8) is 0 Å². The van der Waals surface area contributed by atoms with Crippen LogP contribution in [0.15, 0.2) is 30.3 Å². The first kappa shape index (κ1) is 18.0. The maximum Gasteiger partial charge on any atom is 0.248 e. The zero-order valence-electron chi connectivity index (χ0n) is 13.3. The zero-order valence-corrected chi connectivity index (χ0v) is 16.2. The number of carbonyl (C=O) groups is 1. The third-order valence-electron chi connectivity index (χ3n) is 3.18. The molecule has 6 heteroatoms. The van der Waals surface area contributed by atoms with Crippen LogP contribution in [0, 0.1) is 16.4 Å². The van der Waals surface area contributed by atoms with Gasteiger partial charge < -0.3 is 5.32 Å². The molecule has 0 spiro atoms. The summed E-state index contributed by atoms with van der Waals surface area (Å²) >= 11 is 8.54. The fraction of sp³-hybridized carbons (Fsp3) is 0.294.